The van der Waals surface area contributed by atoms with Gasteiger partial charge in [-0.3, -0.25) is 14.1 Å². The summed E-state index contributed by atoms with van der Waals surface area (Å²) in [4.78, 5) is 42.6. The molecule has 0 aliphatic carbocycles. The molecule has 0 unspecified atom stereocenters. The number of ether oxygens (including phenoxy) is 2. The van der Waals surface area contributed by atoms with Crippen LogP contribution >= 0.6 is 7.82 Å². The van der Waals surface area contributed by atoms with Gasteiger partial charge in [0.1, 0.15) is 6.61 Å². The zero-order valence-electron chi connectivity index (χ0n) is 28.8. The number of esters is 2. The summed E-state index contributed by atoms with van der Waals surface area (Å²) in [6, 6.07) is 0. The number of phosphoric ester groups is 1. The van der Waals surface area contributed by atoms with Crippen LogP contribution in [0.4, 0.5) is 0 Å². The molecule has 45 heavy (non-hydrogen) atoms. The van der Waals surface area contributed by atoms with Gasteiger partial charge < -0.3 is 19.3 Å². The highest BCUT2D eigenvalue weighted by atomic mass is 31.2. The first-order chi connectivity index (χ1) is 21.8. The normalized spacial score (nSPS) is 12.7. The Morgan fingerprint density at radius 3 is 1.53 bits per heavy atom. The highest BCUT2D eigenvalue weighted by Gasteiger charge is 2.22. The van der Waals surface area contributed by atoms with Crippen LogP contribution in [0.1, 0.15) is 174 Å². The van der Waals surface area contributed by atoms with E-state index < -0.39 is 32.5 Å². The van der Waals surface area contributed by atoms with E-state index in [1.165, 1.54) is 77.0 Å². The number of phosphoric acid groups is 1. The minimum absolute atomic E-state index is 0.198. The van der Waals surface area contributed by atoms with Crippen LogP contribution in [-0.2, 0) is 28.2 Å². The van der Waals surface area contributed by atoms with E-state index in [0.29, 0.717) is 6.42 Å². The zero-order chi connectivity index (χ0) is 33.3. The van der Waals surface area contributed by atoms with E-state index in [2.05, 4.69) is 42.7 Å². The molecule has 0 saturated heterocycles. The molecule has 9 heteroatoms. The van der Waals surface area contributed by atoms with E-state index in [0.717, 1.165) is 64.2 Å². The molecule has 8 nitrogen and oxygen atoms in total. The lowest BCUT2D eigenvalue weighted by molar-refractivity contribution is -0.161. The van der Waals surface area contributed by atoms with Crippen LogP contribution in [0, 0.1) is 0 Å². The van der Waals surface area contributed by atoms with Crippen molar-refractivity contribution in [3.05, 3.63) is 24.3 Å². The lowest BCUT2D eigenvalue weighted by Crippen LogP contribution is -2.29. The molecule has 0 heterocycles. The Morgan fingerprint density at radius 2 is 1.02 bits per heavy atom. The fourth-order valence-corrected chi connectivity index (χ4v) is 5.34. The predicted molar refractivity (Wildman–Crippen MR) is 184 cm³/mol. The second-order valence-electron chi connectivity index (χ2n) is 12.2. The van der Waals surface area contributed by atoms with Gasteiger partial charge in [-0.05, 0) is 38.5 Å². The molecule has 264 valence electrons. The summed E-state index contributed by atoms with van der Waals surface area (Å²) in [5, 5.41) is 0. The molecule has 0 rings (SSSR count). The standard InChI is InChI=1S/C36H67O8P/c1-3-5-7-9-11-13-15-17-19-21-23-25-27-29-31-36(38)44-34(33-43-45(39,40)41)32-42-35(37)30-28-26-24-22-20-18-16-14-12-10-8-6-4-2/h9,11,15,17,34H,3-8,10,12-14,16,18-33H2,1-2H3,(H2,39,40,41)/b11-9+,17-15+/t34-/m1/s1. The highest BCUT2D eigenvalue weighted by molar-refractivity contribution is 7.46. The number of hydrogen-bond acceptors (Lipinski definition) is 6. The average Bonchev–Trinajstić information content (AvgIpc) is 3.00. The zero-order valence-corrected chi connectivity index (χ0v) is 29.7. The topological polar surface area (TPSA) is 119 Å². The third-order valence-electron chi connectivity index (χ3n) is 7.72. The fraction of sp³-hybridized carbons (Fsp3) is 0.833. The lowest BCUT2D eigenvalue weighted by Gasteiger charge is -2.18. The quantitative estimate of drug-likeness (QED) is 0.0309. The van der Waals surface area contributed by atoms with Crippen LogP contribution < -0.4 is 0 Å². The van der Waals surface area contributed by atoms with Crippen LogP contribution in [-0.4, -0.2) is 41.0 Å². The molecule has 0 radical (unpaired) electrons. The van der Waals surface area contributed by atoms with Gasteiger partial charge >= 0.3 is 19.8 Å². The minimum Gasteiger partial charge on any atom is -0.462 e. The first-order valence-corrected chi connectivity index (χ1v) is 19.7. The van der Waals surface area contributed by atoms with Gasteiger partial charge in [0.15, 0.2) is 6.10 Å². The Morgan fingerprint density at radius 1 is 0.578 bits per heavy atom. The molecule has 0 amide bonds. The van der Waals surface area contributed by atoms with Crippen molar-refractivity contribution in [1.82, 2.24) is 0 Å². The SMILES string of the molecule is CCCC/C=C/C/C=C/CCCCCCCC(=O)O[C@H](COC(=O)CCCCCCCCCCCCCCC)COP(=O)(O)O. The van der Waals surface area contributed by atoms with Gasteiger partial charge in [-0.25, -0.2) is 4.57 Å². The van der Waals surface area contributed by atoms with Crippen LogP contribution in [0.25, 0.3) is 0 Å². The number of rotatable bonds is 33. The van der Waals surface area contributed by atoms with Crippen molar-refractivity contribution in [2.45, 2.75) is 180 Å². The molecule has 2 N–H and O–H groups in total. The first-order valence-electron chi connectivity index (χ1n) is 18.1. The van der Waals surface area contributed by atoms with Gasteiger partial charge in [0.2, 0.25) is 0 Å². The summed E-state index contributed by atoms with van der Waals surface area (Å²) in [7, 11) is -4.75. The maximum absolute atomic E-state index is 12.3. The number of allylic oxidation sites excluding steroid dienone is 4. The predicted octanol–water partition coefficient (Wildman–Crippen LogP) is 10.5. The molecule has 0 aliphatic rings. The van der Waals surface area contributed by atoms with E-state index in [9.17, 15) is 14.2 Å². The van der Waals surface area contributed by atoms with Crippen LogP contribution in [0.3, 0.4) is 0 Å². The second kappa shape index (κ2) is 32.5. The van der Waals surface area contributed by atoms with Crippen molar-refractivity contribution in [3.8, 4) is 0 Å². The Balaban J connectivity index is 4.00. The Labute approximate surface area is 275 Å². The average molecular weight is 659 g/mol. The molecule has 0 bridgehead atoms. The van der Waals surface area contributed by atoms with E-state index in [1.54, 1.807) is 0 Å². The molecular weight excluding hydrogens is 591 g/mol. The van der Waals surface area contributed by atoms with Crippen molar-refractivity contribution in [2.24, 2.45) is 0 Å². The molecule has 0 aromatic heterocycles. The fourth-order valence-electron chi connectivity index (χ4n) is 4.98. The largest absolute Gasteiger partial charge is 0.469 e. The van der Waals surface area contributed by atoms with Gasteiger partial charge in [-0.15, -0.1) is 0 Å². The third kappa shape index (κ3) is 35.2. The Bertz CT molecular complexity index is 792. The van der Waals surface area contributed by atoms with Crippen LogP contribution in [0.5, 0.6) is 0 Å². The number of carbonyl (C=O) groups excluding carboxylic acids is 2. The van der Waals surface area contributed by atoms with Gasteiger partial charge in [-0.1, -0.05) is 147 Å². The molecule has 0 aromatic carbocycles. The Kier molecular flexibility index (Phi) is 31.4. The molecule has 1 atom stereocenters. The maximum atomic E-state index is 12.3. The lowest BCUT2D eigenvalue weighted by atomic mass is 10.0. The monoisotopic (exact) mass is 658 g/mol. The summed E-state index contributed by atoms with van der Waals surface area (Å²) in [6.45, 7) is 3.62. The van der Waals surface area contributed by atoms with Crippen LogP contribution in [0.2, 0.25) is 0 Å². The van der Waals surface area contributed by atoms with Gasteiger partial charge in [-0.2, -0.15) is 0 Å². The molecule has 0 spiro atoms. The highest BCUT2D eigenvalue weighted by Crippen LogP contribution is 2.36. The number of hydrogen-bond donors (Lipinski definition) is 2. The Hall–Kier alpha value is -1.47. The summed E-state index contributed by atoms with van der Waals surface area (Å²) < 4.78 is 26.2. The summed E-state index contributed by atoms with van der Waals surface area (Å²) in [5.41, 5.74) is 0. The molecular formula is C36H67O8P. The van der Waals surface area contributed by atoms with Crippen LogP contribution in [0.15, 0.2) is 24.3 Å². The van der Waals surface area contributed by atoms with Gasteiger partial charge in [0.25, 0.3) is 0 Å². The molecule has 0 aromatic rings. The summed E-state index contributed by atoms with van der Waals surface area (Å²) in [6.07, 6.45) is 34.7. The molecule has 0 aliphatic heterocycles. The minimum atomic E-state index is -4.75. The van der Waals surface area contributed by atoms with E-state index in [1.807, 2.05) is 0 Å². The molecule has 0 saturated carbocycles. The summed E-state index contributed by atoms with van der Waals surface area (Å²) >= 11 is 0. The van der Waals surface area contributed by atoms with Crippen molar-refractivity contribution >= 4 is 19.8 Å². The van der Waals surface area contributed by atoms with Crippen molar-refractivity contribution in [2.75, 3.05) is 13.2 Å². The first kappa shape index (κ1) is 43.5. The van der Waals surface area contributed by atoms with E-state index in [-0.39, 0.29) is 19.4 Å². The molecule has 0 fully saturated rings. The van der Waals surface area contributed by atoms with E-state index in [4.69, 9.17) is 19.3 Å². The second-order valence-corrected chi connectivity index (χ2v) is 13.4. The van der Waals surface area contributed by atoms with Crippen molar-refractivity contribution in [3.63, 3.8) is 0 Å². The smallest absolute Gasteiger partial charge is 0.462 e. The summed E-state index contributed by atoms with van der Waals surface area (Å²) in [5.74, 6) is -0.898. The van der Waals surface area contributed by atoms with E-state index >= 15 is 0 Å². The van der Waals surface area contributed by atoms with Gasteiger partial charge in [0.05, 0.1) is 6.61 Å². The van der Waals surface area contributed by atoms with Gasteiger partial charge in [0, 0.05) is 12.8 Å². The van der Waals surface area contributed by atoms with Crippen molar-refractivity contribution in [1.29, 1.82) is 0 Å². The maximum Gasteiger partial charge on any atom is 0.469 e. The number of unbranched alkanes of at least 4 members (excludes halogenated alkanes) is 19. The van der Waals surface area contributed by atoms with Crippen molar-refractivity contribution < 1.29 is 37.9 Å². The number of carbonyl (C=O) groups is 2. The third-order valence-corrected chi connectivity index (χ3v) is 8.21.